The van der Waals surface area contributed by atoms with Crippen LogP contribution in [0.3, 0.4) is 0 Å². The number of carbonyl (C=O) groups excluding carboxylic acids is 1. The molecule has 0 fully saturated rings. The van der Waals surface area contributed by atoms with Crippen molar-refractivity contribution in [3.05, 3.63) is 57.0 Å². The highest BCUT2D eigenvalue weighted by molar-refractivity contribution is 6.42. The van der Waals surface area contributed by atoms with Crippen molar-refractivity contribution in [3.63, 3.8) is 0 Å². The van der Waals surface area contributed by atoms with E-state index >= 15 is 0 Å². The Morgan fingerprint density at radius 1 is 1.16 bits per heavy atom. The molecule has 0 heterocycles. The minimum absolute atomic E-state index is 0.240. The Bertz CT molecular complexity index is 741. The second kappa shape index (κ2) is 9.51. The molecule has 0 unspecified atom stereocenters. The van der Waals surface area contributed by atoms with E-state index in [2.05, 4.69) is 10.5 Å². The monoisotopic (exact) mass is 400 g/mol. The van der Waals surface area contributed by atoms with Crippen LogP contribution < -0.4 is 10.1 Å². The summed E-state index contributed by atoms with van der Waals surface area (Å²) < 4.78 is 5.34. The molecule has 8 heteroatoms. The standard InChI is InChI=1S/C17H15Cl3N2O3/c1-2-24-13-5-3-11(4-6-13)9-21-25-10-16(23)22-17-14(19)7-12(18)8-15(17)20/h3-9H,2,10H2,1H3,(H,22,23)/b21-9-. The lowest BCUT2D eigenvalue weighted by atomic mass is 10.2. The van der Waals surface area contributed by atoms with Crippen molar-refractivity contribution in [2.45, 2.75) is 6.92 Å². The van der Waals surface area contributed by atoms with Crippen molar-refractivity contribution in [2.24, 2.45) is 5.16 Å². The molecule has 0 aliphatic heterocycles. The molecule has 0 bridgehead atoms. The summed E-state index contributed by atoms with van der Waals surface area (Å²) >= 11 is 17.8. The molecule has 0 aromatic heterocycles. The average Bonchev–Trinajstić information content (AvgIpc) is 2.56. The van der Waals surface area contributed by atoms with Crippen LogP contribution in [0.2, 0.25) is 15.1 Å². The highest BCUT2D eigenvalue weighted by atomic mass is 35.5. The lowest BCUT2D eigenvalue weighted by Crippen LogP contribution is -2.17. The molecule has 25 heavy (non-hydrogen) atoms. The Hall–Kier alpha value is -1.95. The zero-order valence-corrected chi connectivity index (χ0v) is 15.5. The van der Waals surface area contributed by atoms with Crippen molar-refractivity contribution in [1.29, 1.82) is 0 Å². The normalized spacial score (nSPS) is 10.7. The van der Waals surface area contributed by atoms with Crippen LogP contribution in [-0.2, 0) is 9.63 Å². The molecule has 2 aromatic carbocycles. The zero-order chi connectivity index (χ0) is 18.2. The first kappa shape index (κ1) is 19.4. The number of halogens is 3. The second-order valence-electron chi connectivity index (χ2n) is 4.80. The van der Waals surface area contributed by atoms with Gasteiger partial charge in [0.15, 0.2) is 6.61 Å². The van der Waals surface area contributed by atoms with Gasteiger partial charge in [0.05, 0.1) is 28.6 Å². The van der Waals surface area contributed by atoms with Crippen LogP contribution in [0.5, 0.6) is 5.75 Å². The fraction of sp³-hybridized carbons (Fsp3) is 0.176. The van der Waals surface area contributed by atoms with Crippen LogP contribution in [0.1, 0.15) is 12.5 Å². The first-order valence-electron chi connectivity index (χ1n) is 7.32. The molecule has 2 rings (SSSR count). The van der Waals surface area contributed by atoms with Crippen molar-refractivity contribution in [1.82, 2.24) is 0 Å². The van der Waals surface area contributed by atoms with Gasteiger partial charge in [0.2, 0.25) is 0 Å². The van der Waals surface area contributed by atoms with Crippen molar-refractivity contribution < 1.29 is 14.4 Å². The molecule has 0 aliphatic carbocycles. The van der Waals surface area contributed by atoms with Crippen molar-refractivity contribution in [2.75, 3.05) is 18.5 Å². The lowest BCUT2D eigenvalue weighted by Gasteiger charge is -2.09. The molecule has 0 atom stereocenters. The largest absolute Gasteiger partial charge is 0.494 e. The predicted molar refractivity (Wildman–Crippen MR) is 101 cm³/mol. The summed E-state index contributed by atoms with van der Waals surface area (Å²) in [6, 6.07) is 10.3. The third kappa shape index (κ3) is 6.12. The molecule has 0 saturated carbocycles. The molecule has 2 aromatic rings. The van der Waals surface area contributed by atoms with Crippen LogP contribution in [0, 0.1) is 0 Å². The smallest absolute Gasteiger partial charge is 0.265 e. The van der Waals surface area contributed by atoms with E-state index in [0.717, 1.165) is 11.3 Å². The van der Waals surface area contributed by atoms with Gasteiger partial charge in [-0.25, -0.2) is 0 Å². The van der Waals surface area contributed by atoms with Gasteiger partial charge < -0.3 is 14.9 Å². The van der Waals surface area contributed by atoms with E-state index in [1.165, 1.54) is 18.3 Å². The highest BCUT2D eigenvalue weighted by Gasteiger charge is 2.11. The molecular formula is C17H15Cl3N2O3. The number of nitrogens with zero attached hydrogens (tertiary/aromatic N) is 1. The Kier molecular flexibility index (Phi) is 7.37. The maximum Gasteiger partial charge on any atom is 0.265 e. The maximum atomic E-state index is 11.9. The van der Waals surface area contributed by atoms with E-state index in [9.17, 15) is 4.79 Å². The minimum Gasteiger partial charge on any atom is -0.494 e. The van der Waals surface area contributed by atoms with Gasteiger partial charge in [0, 0.05) is 5.02 Å². The molecule has 0 aliphatic rings. The van der Waals surface area contributed by atoms with E-state index in [1.807, 2.05) is 31.2 Å². The average molecular weight is 402 g/mol. The molecule has 0 radical (unpaired) electrons. The number of nitrogens with one attached hydrogen (secondary N) is 1. The molecule has 0 spiro atoms. The third-order valence-electron chi connectivity index (χ3n) is 2.93. The quantitative estimate of drug-likeness (QED) is 0.522. The highest BCUT2D eigenvalue weighted by Crippen LogP contribution is 2.33. The Morgan fingerprint density at radius 2 is 1.80 bits per heavy atom. The van der Waals surface area contributed by atoms with E-state index in [0.29, 0.717) is 11.6 Å². The number of hydrogen-bond donors (Lipinski definition) is 1. The van der Waals surface area contributed by atoms with Crippen LogP contribution in [0.4, 0.5) is 5.69 Å². The molecule has 1 N–H and O–H groups in total. The van der Waals surface area contributed by atoms with Crippen LogP contribution in [0.15, 0.2) is 41.6 Å². The van der Waals surface area contributed by atoms with Gasteiger partial charge in [-0.15, -0.1) is 0 Å². The Labute approximate surface area is 160 Å². The molecule has 132 valence electrons. The minimum atomic E-state index is -0.449. The van der Waals surface area contributed by atoms with E-state index < -0.39 is 5.91 Å². The number of amides is 1. The first-order valence-corrected chi connectivity index (χ1v) is 8.45. The predicted octanol–water partition coefficient (Wildman–Crippen LogP) is 5.03. The lowest BCUT2D eigenvalue weighted by molar-refractivity contribution is -0.120. The number of ether oxygens (including phenoxy) is 1. The number of hydrogen-bond acceptors (Lipinski definition) is 4. The number of rotatable bonds is 7. The van der Waals surface area contributed by atoms with Crippen LogP contribution >= 0.6 is 34.8 Å². The summed E-state index contributed by atoms with van der Waals surface area (Å²) in [5.74, 6) is 0.326. The number of oxime groups is 1. The zero-order valence-electron chi connectivity index (χ0n) is 13.3. The van der Waals surface area contributed by atoms with E-state index in [1.54, 1.807) is 0 Å². The number of anilines is 1. The van der Waals surface area contributed by atoms with Crippen molar-refractivity contribution >= 4 is 52.6 Å². The van der Waals surface area contributed by atoms with Gasteiger partial charge in [-0.2, -0.15) is 0 Å². The number of benzene rings is 2. The Balaban J connectivity index is 1.84. The summed E-state index contributed by atoms with van der Waals surface area (Å²) in [6.07, 6.45) is 1.49. The van der Waals surface area contributed by atoms with Crippen LogP contribution in [0.25, 0.3) is 0 Å². The van der Waals surface area contributed by atoms with Gasteiger partial charge in [-0.3, -0.25) is 4.79 Å². The van der Waals surface area contributed by atoms with Gasteiger partial charge in [-0.1, -0.05) is 40.0 Å². The van der Waals surface area contributed by atoms with E-state index in [4.69, 9.17) is 44.4 Å². The summed E-state index contributed by atoms with van der Waals surface area (Å²) in [5.41, 5.74) is 1.09. The summed E-state index contributed by atoms with van der Waals surface area (Å²) in [7, 11) is 0. The topological polar surface area (TPSA) is 59.9 Å². The fourth-order valence-corrected chi connectivity index (χ4v) is 2.76. The molecule has 0 saturated heterocycles. The number of carbonyl (C=O) groups is 1. The van der Waals surface area contributed by atoms with Gasteiger partial charge in [-0.05, 0) is 48.9 Å². The SMILES string of the molecule is CCOc1ccc(/C=N\OCC(=O)Nc2c(Cl)cc(Cl)cc2Cl)cc1. The molecular weight excluding hydrogens is 387 g/mol. The maximum absolute atomic E-state index is 11.9. The summed E-state index contributed by atoms with van der Waals surface area (Å²) in [4.78, 5) is 16.8. The fourth-order valence-electron chi connectivity index (χ4n) is 1.85. The van der Waals surface area contributed by atoms with Crippen LogP contribution in [-0.4, -0.2) is 25.3 Å². The van der Waals surface area contributed by atoms with Gasteiger partial charge in [0.1, 0.15) is 5.75 Å². The molecule has 1 amide bonds. The Morgan fingerprint density at radius 3 is 2.40 bits per heavy atom. The van der Waals surface area contributed by atoms with Crippen molar-refractivity contribution in [3.8, 4) is 5.75 Å². The van der Waals surface area contributed by atoms with E-state index in [-0.39, 0.29) is 22.3 Å². The second-order valence-corrected chi connectivity index (χ2v) is 6.05. The van der Waals surface area contributed by atoms with Gasteiger partial charge >= 0.3 is 0 Å². The summed E-state index contributed by atoms with van der Waals surface area (Å²) in [6.45, 7) is 2.23. The first-order chi connectivity index (χ1) is 12.0. The summed E-state index contributed by atoms with van der Waals surface area (Å²) in [5, 5.41) is 7.15. The molecule has 5 nitrogen and oxygen atoms in total. The third-order valence-corrected chi connectivity index (χ3v) is 3.75. The van der Waals surface area contributed by atoms with Gasteiger partial charge in [0.25, 0.3) is 5.91 Å².